The quantitative estimate of drug-likeness (QED) is 0.651. The lowest BCUT2D eigenvalue weighted by molar-refractivity contribution is -0.140. The highest BCUT2D eigenvalue weighted by Gasteiger charge is 2.22. The number of carbonyl (C=O) groups excluding carboxylic acids is 1. The molecule has 0 radical (unpaired) electrons. The monoisotopic (exact) mass is 247 g/mol. The molecular formula is C10H17NO4S. The molecule has 6 heteroatoms. The van der Waals surface area contributed by atoms with E-state index in [4.69, 9.17) is 5.26 Å². The third-order valence-electron chi connectivity index (χ3n) is 2.19. The molecule has 0 aromatic heterocycles. The minimum Gasteiger partial charge on any atom is -0.469 e. The van der Waals surface area contributed by atoms with Gasteiger partial charge < -0.3 is 4.74 Å². The van der Waals surface area contributed by atoms with E-state index in [1.807, 2.05) is 6.07 Å². The van der Waals surface area contributed by atoms with Crippen molar-refractivity contribution in [1.29, 1.82) is 5.26 Å². The molecule has 0 heterocycles. The van der Waals surface area contributed by atoms with E-state index in [2.05, 4.69) is 4.74 Å². The number of hydrogen-bond donors (Lipinski definition) is 0. The van der Waals surface area contributed by atoms with Crippen molar-refractivity contribution in [2.45, 2.75) is 26.7 Å². The molecule has 0 atom stereocenters. The zero-order valence-electron chi connectivity index (χ0n) is 9.82. The highest BCUT2D eigenvalue weighted by Crippen LogP contribution is 2.19. The zero-order valence-corrected chi connectivity index (χ0v) is 10.6. The first-order chi connectivity index (χ1) is 7.22. The first-order valence-electron chi connectivity index (χ1n) is 4.91. The molecule has 0 aliphatic rings. The number of ether oxygens (including phenoxy) is 1. The fraction of sp³-hybridized carbons (Fsp3) is 0.800. The number of hydrogen-bond acceptors (Lipinski definition) is 5. The SMILES string of the molecule is COC(=O)CCS(=O)(=O)CCC(C)(C)C#N. The van der Waals surface area contributed by atoms with Crippen molar-refractivity contribution in [3.63, 3.8) is 0 Å². The molecular weight excluding hydrogens is 230 g/mol. The van der Waals surface area contributed by atoms with E-state index in [-0.39, 0.29) is 24.3 Å². The van der Waals surface area contributed by atoms with Gasteiger partial charge in [-0.25, -0.2) is 8.42 Å². The van der Waals surface area contributed by atoms with Gasteiger partial charge in [0, 0.05) is 0 Å². The molecule has 0 spiro atoms. The van der Waals surface area contributed by atoms with Crippen LogP contribution >= 0.6 is 0 Å². The highest BCUT2D eigenvalue weighted by molar-refractivity contribution is 7.91. The lowest BCUT2D eigenvalue weighted by Crippen LogP contribution is -2.20. The topological polar surface area (TPSA) is 84.2 Å². The summed E-state index contributed by atoms with van der Waals surface area (Å²) in [5, 5.41) is 8.73. The molecule has 0 bridgehead atoms. The van der Waals surface area contributed by atoms with Gasteiger partial charge in [0.05, 0.1) is 36.5 Å². The minimum absolute atomic E-state index is 0.0788. The summed E-state index contributed by atoms with van der Waals surface area (Å²) in [5.41, 5.74) is -0.654. The van der Waals surface area contributed by atoms with Crippen molar-refractivity contribution in [1.82, 2.24) is 0 Å². The van der Waals surface area contributed by atoms with E-state index in [1.54, 1.807) is 13.8 Å². The number of methoxy groups -OCH3 is 1. The lowest BCUT2D eigenvalue weighted by atomic mass is 9.93. The van der Waals surface area contributed by atoms with Gasteiger partial charge in [-0.1, -0.05) is 0 Å². The van der Waals surface area contributed by atoms with E-state index >= 15 is 0 Å². The number of sulfone groups is 1. The van der Waals surface area contributed by atoms with E-state index in [9.17, 15) is 13.2 Å². The van der Waals surface area contributed by atoms with Crippen molar-refractivity contribution in [2.75, 3.05) is 18.6 Å². The molecule has 92 valence electrons. The third-order valence-corrected chi connectivity index (χ3v) is 3.84. The predicted octanol–water partition coefficient (Wildman–Crippen LogP) is 0.904. The van der Waals surface area contributed by atoms with Crippen molar-refractivity contribution in [3.8, 4) is 6.07 Å². The second-order valence-electron chi connectivity index (χ2n) is 4.22. The van der Waals surface area contributed by atoms with Crippen LogP contribution in [0.4, 0.5) is 0 Å². The van der Waals surface area contributed by atoms with Crippen LogP contribution in [0, 0.1) is 16.7 Å². The predicted molar refractivity (Wildman–Crippen MR) is 59.3 cm³/mol. The molecule has 0 rings (SSSR count). The maximum absolute atomic E-state index is 11.5. The van der Waals surface area contributed by atoms with E-state index < -0.39 is 21.2 Å². The Bertz CT molecular complexity index is 378. The maximum Gasteiger partial charge on any atom is 0.306 e. The van der Waals surface area contributed by atoms with Gasteiger partial charge in [0.2, 0.25) is 0 Å². The first-order valence-corrected chi connectivity index (χ1v) is 6.73. The van der Waals surface area contributed by atoms with E-state index in [0.29, 0.717) is 0 Å². The molecule has 0 aromatic carbocycles. The zero-order chi connectivity index (χ0) is 12.8. The van der Waals surface area contributed by atoms with Gasteiger partial charge in [0.15, 0.2) is 9.84 Å². The van der Waals surface area contributed by atoms with Gasteiger partial charge in [0.1, 0.15) is 0 Å². The molecule has 0 unspecified atom stereocenters. The van der Waals surface area contributed by atoms with Crippen molar-refractivity contribution < 1.29 is 17.9 Å². The highest BCUT2D eigenvalue weighted by atomic mass is 32.2. The standard InChI is InChI=1S/C10H17NO4S/c1-10(2,8-11)5-7-16(13,14)6-4-9(12)15-3/h4-7H2,1-3H3. The Kier molecular flexibility index (Phi) is 5.45. The Hall–Kier alpha value is -1.09. The Morgan fingerprint density at radius 1 is 1.38 bits per heavy atom. The second-order valence-corrected chi connectivity index (χ2v) is 6.53. The Morgan fingerprint density at radius 2 is 1.94 bits per heavy atom. The van der Waals surface area contributed by atoms with Crippen LogP contribution in [-0.4, -0.2) is 33.0 Å². The molecule has 0 fully saturated rings. The van der Waals surface area contributed by atoms with Gasteiger partial charge in [0.25, 0.3) is 0 Å². The van der Waals surface area contributed by atoms with Crippen LogP contribution < -0.4 is 0 Å². The normalized spacial score (nSPS) is 11.9. The largest absolute Gasteiger partial charge is 0.469 e. The van der Waals surface area contributed by atoms with E-state index in [0.717, 1.165) is 0 Å². The van der Waals surface area contributed by atoms with Crippen LogP contribution in [0.5, 0.6) is 0 Å². The summed E-state index contributed by atoms with van der Waals surface area (Å²) in [4.78, 5) is 10.8. The molecule has 0 aromatic rings. The molecule has 0 aliphatic carbocycles. The van der Waals surface area contributed by atoms with Gasteiger partial charge in [-0.3, -0.25) is 4.79 Å². The average Bonchev–Trinajstić information content (AvgIpc) is 2.24. The summed E-state index contributed by atoms with van der Waals surface area (Å²) >= 11 is 0. The molecule has 5 nitrogen and oxygen atoms in total. The van der Waals surface area contributed by atoms with Gasteiger partial charge in [-0.05, 0) is 20.3 Å². The van der Waals surface area contributed by atoms with Crippen LogP contribution in [0.3, 0.4) is 0 Å². The molecule has 0 saturated heterocycles. The molecule has 0 saturated carbocycles. The Balaban J connectivity index is 4.18. The van der Waals surface area contributed by atoms with Crippen LogP contribution in [0.25, 0.3) is 0 Å². The van der Waals surface area contributed by atoms with E-state index in [1.165, 1.54) is 7.11 Å². The summed E-state index contributed by atoms with van der Waals surface area (Å²) in [6.45, 7) is 3.37. The first kappa shape index (κ1) is 14.9. The molecule has 0 aliphatic heterocycles. The molecule has 16 heavy (non-hydrogen) atoms. The lowest BCUT2D eigenvalue weighted by Gasteiger charge is -2.14. The van der Waals surface area contributed by atoms with Crippen molar-refractivity contribution in [2.24, 2.45) is 5.41 Å². The Morgan fingerprint density at radius 3 is 2.38 bits per heavy atom. The maximum atomic E-state index is 11.5. The molecule has 0 N–H and O–H groups in total. The number of nitriles is 1. The summed E-state index contributed by atoms with van der Waals surface area (Å²) < 4.78 is 27.3. The number of nitrogens with zero attached hydrogens (tertiary/aromatic N) is 1. The Labute approximate surface area is 96.3 Å². The average molecular weight is 247 g/mol. The number of esters is 1. The summed E-state index contributed by atoms with van der Waals surface area (Å²) in [7, 11) is -2.07. The van der Waals surface area contributed by atoms with Gasteiger partial charge >= 0.3 is 5.97 Å². The van der Waals surface area contributed by atoms with Crippen molar-refractivity contribution in [3.05, 3.63) is 0 Å². The fourth-order valence-corrected chi connectivity index (χ4v) is 2.41. The van der Waals surface area contributed by atoms with Crippen LogP contribution in [0.2, 0.25) is 0 Å². The second kappa shape index (κ2) is 5.85. The number of carbonyl (C=O) groups is 1. The smallest absolute Gasteiger partial charge is 0.306 e. The number of rotatable bonds is 6. The van der Waals surface area contributed by atoms with Gasteiger partial charge in [-0.2, -0.15) is 5.26 Å². The minimum atomic E-state index is -3.28. The molecule has 0 amide bonds. The van der Waals surface area contributed by atoms with Crippen LogP contribution in [0.1, 0.15) is 26.7 Å². The van der Waals surface area contributed by atoms with Crippen molar-refractivity contribution >= 4 is 15.8 Å². The third kappa shape index (κ3) is 6.40. The van der Waals surface area contributed by atoms with Gasteiger partial charge in [-0.15, -0.1) is 0 Å². The summed E-state index contributed by atoms with van der Waals surface area (Å²) in [6.07, 6.45) is 0.138. The van der Waals surface area contributed by atoms with Crippen LogP contribution in [-0.2, 0) is 19.4 Å². The summed E-state index contributed by atoms with van der Waals surface area (Å²) in [5.74, 6) is -0.839. The summed E-state index contributed by atoms with van der Waals surface area (Å²) in [6, 6.07) is 2.03. The fourth-order valence-electron chi connectivity index (χ4n) is 0.910. The van der Waals surface area contributed by atoms with Crippen LogP contribution in [0.15, 0.2) is 0 Å².